The number of benzene rings is 1. The van der Waals surface area contributed by atoms with Gasteiger partial charge in [0, 0.05) is 24.2 Å². The van der Waals surface area contributed by atoms with Crippen LogP contribution in [0, 0.1) is 5.92 Å². The minimum atomic E-state index is -0.307. The lowest BCUT2D eigenvalue weighted by atomic mass is 10.2. The van der Waals surface area contributed by atoms with E-state index >= 15 is 0 Å². The summed E-state index contributed by atoms with van der Waals surface area (Å²) in [6.07, 6.45) is 5.77. The van der Waals surface area contributed by atoms with Crippen molar-refractivity contribution in [3.63, 3.8) is 0 Å². The monoisotopic (exact) mass is 390 g/mol. The first kappa shape index (κ1) is 18.8. The fourth-order valence-electron chi connectivity index (χ4n) is 3.09. The molecule has 148 valence electrons. The molecule has 6 nitrogen and oxygen atoms in total. The van der Waals surface area contributed by atoms with Crippen LogP contribution in [-0.4, -0.2) is 11.8 Å². The molecule has 2 N–H and O–H groups in total. The zero-order chi connectivity index (χ0) is 20.2. The second-order valence-electron chi connectivity index (χ2n) is 7.24. The van der Waals surface area contributed by atoms with Gasteiger partial charge >= 0.3 is 0 Å². The lowest BCUT2D eigenvalue weighted by molar-refractivity contribution is -0.116. The summed E-state index contributed by atoms with van der Waals surface area (Å²) in [5.74, 6) is 2.64. The van der Waals surface area contributed by atoms with Crippen LogP contribution in [0.15, 0.2) is 69.7 Å². The minimum Gasteiger partial charge on any atom is -0.461 e. The summed E-state index contributed by atoms with van der Waals surface area (Å²) in [6.45, 7) is 2.59. The van der Waals surface area contributed by atoms with Crippen LogP contribution in [-0.2, 0) is 11.3 Å². The summed E-state index contributed by atoms with van der Waals surface area (Å²) in [7, 11) is 0. The van der Waals surface area contributed by atoms with Crippen molar-refractivity contribution in [2.75, 3.05) is 5.32 Å². The highest BCUT2D eigenvalue weighted by atomic mass is 16.3. The number of anilines is 1. The van der Waals surface area contributed by atoms with Crippen molar-refractivity contribution in [2.24, 2.45) is 5.92 Å². The van der Waals surface area contributed by atoms with E-state index in [9.17, 15) is 9.59 Å². The van der Waals surface area contributed by atoms with Crippen LogP contribution in [0.4, 0.5) is 5.69 Å². The molecule has 1 saturated carbocycles. The lowest BCUT2D eigenvalue weighted by Crippen LogP contribution is -2.20. The van der Waals surface area contributed by atoms with Gasteiger partial charge in [0.25, 0.3) is 5.91 Å². The van der Waals surface area contributed by atoms with Crippen molar-refractivity contribution in [1.82, 2.24) is 5.32 Å². The van der Waals surface area contributed by atoms with Crippen LogP contribution in [0.2, 0.25) is 0 Å². The summed E-state index contributed by atoms with van der Waals surface area (Å²) in [6, 6.07) is 14.4. The van der Waals surface area contributed by atoms with Gasteiger partial charge in [-0.3, -0.25) is 9.59 Å². The SMILES string of the molecule is CC1CC1c1ccc(/C=C/C(=O)NCc2ccc(NC(=O)c3ccco3)cc2)o1. The Kier molecular flexibility index (Phi) is 5.33. The maximum absolute atomic E-state index is 12.0. The first-order valence-corrected chi connectivity index (χ1v) is 9.58. The fourth-order valence-corrected chi connectivity index (χ4v) is 3.09. The second kappa shape index (κ2) is 8.22. The third-order valence-electron chi connectivity index (χ3n) is 4.94. The van der Waals surface area contributed by atoms with Gasteiger partial charge in [-0.2, -0.15) is 0 Å². The molecule has 2 unspecified atom stereocenters. The molecule has 29 heavy (non-hydrogen) atoms. The third-order valence-corrected chi connectivity index (χ3v) is 4.94. The number of amides is 2. The van der Waals surface area contributed by atoms with Crippen molar-refractivity contribution < 1.29 is 18.4 Å². The Balaban J connectivity index is 1.24. The summed E-state index contributed by atoms with van der Waals surface area (Å²) in [5.41, 5.74) is 1.57. The summed E-state index contributed by atoms with van der Waals surface area (Å²) < 4.78 is 10.8. The third kappa shape index (κ3) is 4.85. The molecule has 6 heteroatoms. The van der Waals surface area contributed by atoms with Crippen molar-refractivity contribution in [3.8, 4) is 0 Å². The van der Waals surface area contributed by atoms with Gasteiger partial charge in [-0.25, -0.2) is 0 Å². The number of carbonyl (C=O) groups excluding carboxylic acids is 2. The van der Waals surface area contributed by atoms with Crippen LogP contribution >= 0.6 is 0 Å². The highest BCUT2D eigenvalue weighted by Crippen LogP contribution is 2.47. The smallest absolute Gasteiger partial charge is 0.291 e. The largest absolute Gasteiger partial charge is 0.461 e. The Morgan fingerprint density at radius 2 is 1.93 bits per heavy atom. The van der Waals surface area contributed by atoms with Crippen LogP contribution in [0.5, 0.6) is 0 Å². The molecule has 1 aliphatic carbocycles. The molecule has 2 aromatic heterocycles. The average molecular weight is 390 g/mol. The summed E-state index contributed by atoms with van der Waals surface area (Å²) in [5, 5.41) is 5.58. The van der Waals surface area contributed by atoms with E-state index in [1.165, 1.54) is 18.8 Å². The molecule has 1 aromatic carbocycles. The molecular formula is C23H22N2O4. The first-order valence-electron chi connectivity index (χ1n) is 9.58. The molecule has 1 aliphatic rings. The predicted octanol–water partition coefficient (Wildman–Crippen LogP) is 4.58. The van der Waals surface area contributed by atoms with Crippen LogP contribution < -0.4 is 10.6 Å². The molecule has 2 atom stereocenters. The molecule has 2 heterocycles. The highest BCUT2D eigenvalue weighted by molar-refractivity contribution is 6.02. The zero-order valence-corrected chi connectivity index (χ0v) is 16.1. The topological polar surface area (TPSA) is 84.5 Å². The van der Waals surface area contributed by atoms with Gasteiger partial charge in [-0.1, -0.05) is 19.1 Å². The van der Waals surface area contributed by atoms with Crippen molar-refractivity contribution in [1.29, 1.82) is 0 Å². The summed E-state index contributed by atoms with van der Waals surface area (Å²) >= 11 is 0. The number of hydrogen-bond acceptors (Lipinski definition) is 4. The molecule has 4 rings (SSSR count). The summed E-state index contributed by atoms with van der Waals surface area (Å²) in [4.78, 5) is 24.0. The van der Waals surface area contributed by atoms with Gasteiger partial charge < -0.3 is 19.5 Å². The molecule has 3 aromatic rings. The Hall–Kier alpha value is -3.54. The molecule has 2 amide bonds. The molecule has 1 fully saturated rings. The Labute approximate surface area is 168 Å². The van der Waals surface area contributed by atoms with Crippen LogP contribution in [0.3, 0.4) is 0 Å². The maximum Gasteiger partial charge on any atom is 0.291 e. The molecular weight excluding hydrogens is 368 g/mol. The van der Waals surface area contributed by atoms with E-state index in [0.717, 1.165) is 11.3 Å². The average Bonchev–Trinajstić information content (AvgIpc) is 3.15. The normalized spacial score (nSPS) is 18.0. The van der Waals surface area contributed by atoms with Crippen LogP contribution in [0.25, 0.3) is 6.08 Å². The van der Waals surface area contributed by atoms with Gasteiger partial charge in [-0.05, 0) is 60.4 Å². The highest BCUT2D eigenvalue weighted by Gasteiger charge is 2.36. The van der Waals surface area contributed by atoms with Crippen molar-refractivity contribution in [3.05, 3.63) is 83.7 Å². The molecule has 0 saturated heterocycles. The van der Waals surface area contributed by atoms with Gasteiger partial charge in [0.05, 0.1) is 6.26 Å². The van der Waals surface area contributed by atoms with Crippen molar-refractivity contribution >= 4 is 23.6 Å². The zero-order valence-electron chi connectivity index (χ0n) is 16.1. The lowest BCUT2D eigenvalue weighted by Gasteiger charge is -2.06. The Morgan fingerprint density at radius 3 is 2.62 bits per heavy atom. The quantitative estimate of drug-likeness (QED) is 0.579. The molecule has 0 aliphatic heterocycles. The number of rotatable bonds is 7. The Bertz CT molecular complexity index is 1020. The molecule has 0 radical (unpaired) electrons. The Morgan fingerprint density at radius 1 is 1.14 bits per heavy atom. The number of hydrogen-bond donors (Lipinski definition) is 2. The second-order valence-corrected chi connectivity index (χ2v) is 7.24. The molecule has 0 spiro atoms. The number of furan rings is 2. The van der Waals surface area contributed by atoms with E-state index in [4.69, 9.17) is 8.83 Å². The van der Waals surface area contributed by atoms with Crippen molar-refractivity contribution in [2.45, 2.75) is 25.8 Å². The number of nitrogens with one attached hydrogen (secondary N) is 2. The maximum atomic E-state index is 12.0. The van der Waals surface area contributed by atoms with E-state index in [1.54, 1.807) is 30.3 Å². The predicted molar refractivity (Wildman–Crippen MR) is 109 cm³/mol. The van der Waals surface area contributed by atoms with E-state index in [0.29, 0.717) is 29.8 Å². The van der Waals surface area contributed by atoms with E-state index in [1.807, 2.05) is 24.3 Å². The van der Waals surface area contributed by atoms with Gasteiger partial charge in [0.15, 0.2) is 5.76 Å². The van der Waals surface area contributed by atoms with Gasteiger partial charge in [0.1, 0.15) is 11.5 Å². The van der Waals surface area contributed by atoms with E-state index < -0.39 is 0 Å². The first-order chi connectivity index (χ1) is 14.1. The minimum absolute atomic E-state index is 0.196. The van der Waals surface area contributed by atoms with Gasteiger partial charge in [0.2, 0.25) is 5.91 Å². The van der Waals surface area contributed by atoms with Crippen LogP contribution in [0.1, 0.15) is 46.9 Å². The molecule has 0 bridgehead atoms. The number of carbonyl (C=O) groups is 2. The standard InChI is InChI=1S/C23H22N2O4/c1-15-13-19(15)20-10-8-18(29-20)9-11-22(26)24-14-16-4-6-17(7-5-16)25-23(27)21-3-2-12-28-21/h2-12,15,19H,13-14H2,1H3,(H,24,26)(H,25,27)/b11-9+. The van der Waals surface area contributed by atoms with E-state index in [2.05, 4.69) is 17.6 Å². The fraction of sp³-hybridized carbons (Fsp3) is 0.217. The van der Waals surface area contributed by atoms with Gasteiger partial charge in [-0.15, -0.1) is 0 Å². The van der Waals surface area contributed by atoms with E-state index in [-0.39, 0.29) is 17.6 Å².